The van der Waals surface area contributed by atoms with E-state index < -0.39 is 10.0 Å². The van der Waals surface area contributed by atoms with Crippen molar-refractivity contribution in [2.24, 2.45) is 0 Å². The molecule has 0 fully saturated rings. The molecule has 1 amide bonds. The van der Waals surface area contributed by atoms with Gasteiger partial charge in [-0.1, -0.05) is 29.8 Å². The number of thiophene rings is 1. The van der Waals surface area contributed by atoms with Gasteiger partial charge in [0.15, 0.2) is 0 Å². The maximum absolute atomic E-state index is 13.7. The van der Waals surface area contributed by atoms with Gasteiger partial charge >= 0.3 is 0 Å². The number of hydrogen-bond donors (Lipinski definition) is 0. The first kappa shape index (κ1) is 25.4. The Morgan fingerprint density at radius 1 is 1.09 bits per heavy atom. The number of methoxy groups -OCH3 is 2. The second-order valence-corrected chi connectivity index (χ2v) is 11.4. The van der Waals surface area contributed by atoms with E-state index in [-0.39, 0.29) is 36.5 Å². The number of ether oxygens (including phenoxy) is 2. The summed E-state index contributed by atoms with van der Waals surface area (Å²) < 4.78 is 38.4. The zero-order valence-corrected chi connectivity index (χ0v) is 21.8. The molecule has 0 N–H and O–H groups in total. The lowest BCUT2D eigenvalue weighted by Gasteiger charge is -2.37. The van der Waals surface area contributed by atoms with Crippen molar-refractivity contribution in [3.63, 3.8) is 0 Å². The first-order valence-electron chi connectivity index (χ1n) is 11.4. The van der Waals surface area contributed by atoms with Gasteiger partial charge in [0.1, 0.15) is 5.75 Å². The lowest BCUT2D eigenvalue weighted by atomic mass is 9.92. The number of amides is 1. The van der Waals surface area contributed by atoms with Gasteiger partial charge in [0.05, 0.1) is 31.2 Å². The third-order valence-corrected chi connectivity index (χ3v) is 9.09. The monoisotopic (exact) mass is 514 g/mol. The molecule has 0 spiro atoms. The molecule has 2 heterocycles. The fraction of sp³-hybridized carbons (Fsp3) is 0.346. The number of carbonyl (C=O) groups is 1. The van der Waals surface area contributed by atoms with Crippen LogP contribution in [-0.4, -0.2) is 64.0 Å². The van der Waals surface area contributed by atoms with E-state index in [0.717, 1.165) is 23.1 Å². The van der Waals surface area contributed by atoms with E-state index in [2.05, 4.69) is 11.4 Å². The van der Waals surface area contributed by atoms with Crippen molar-refractivity contribution < 1.29 is 22.7 Å². The molecule has 2 aromatic carbocycles. The van der Waals surface area contributed by atoms with Crippen LogP contribution in [0, 0.1) is 6.92 Å². The minimum absolute atomic E-state index is 0.0728. The molecule has 0 aliphatic carbocycles. The molecule has 0 radical (unpaired) electrons. The molecule has 0 saturated heterocycles. The Kier molecular flexibility index (Phi) is 7.91. The van der Waals surface area contributed by atoms with Gasteiger partial charge in [0, 0.05) is 25.1 Å². The first-order valence-corrected chi connectivity index (χ1v) is 13.7. The molecule has 1 aliphatic heterocycles. The van der Waals surface area contributed by atoms with E-state index in [9.17, 15) is 13.2 Å². The van der Waals surface area contributed by atoms with Crippen LogP contribution in [0.2, 0.25) is 0 Å². The van der Waals surface area contributed by atoms with Gasteiger partial charge in [-0.2, -0.15) is 4.31 Å². The van der Waals surface area contributed by atoms with Crippen molar-refractivity contribution in [3.8, 4) is 5.75 Å². The van der Waals surface area contributed by atoms with E-state index in [1.54, 1.807) is 23.5 Å². The Balaban J connectivity index is 1.64. The van der Waals surface area contributed by atoms with Crippen molar-refractivity contribution in [1.29, 1.82) is 0 Å². The summed E-state index contributed by atoms with van der Waals surface area (Å²) in [6.07, 6.45) is 0.754. The average Bonchev–Trinajstić information content (AvgIpc) is 3.35. The third kappa shape index (κ3) is 5.43. The quantitative estimate of drug-likeness (QED) is 0.433. The normalized spacial score (nSPS) is 15.8. The summed E-state index contributed by atoms with van der Waals surface area (Å²) in [5.41, 5.74) is 3.27. The summed E-state index contributed by atoms with van der Waals surface area (Å²) in [6, 6.07) is 16.2. The Bertz CT molecular complexity index is 1250. The van der Waals surface area contributed by atoms with Gasteiger partial charge in [0.25, 0.3) is 0 Å². The molecule has 1 aliphatic rings. The number of carbonyl (C=O) groups excluding carboxylic acids is 1. The maximum atomic E-state index is 13.7. The Labute approximate surface area is 210 Å². The maximum Gasteiger partial charge on any atom is 0.243 e. The highest BCUT2D eigenvalue weighted by molar-refractivity contribution is 7.89. The molecule has 9 heteroatoms. The van der Waals surface area contributed by atoms with Crippen LogP contribution in [0.3, 0.4) is 0 Å². The number of benzene rings is 2. The molecule has 3 aromatic rings. The molecule has 0 bridgehead atoms. The molecular weight excluding hydrogens is 484 g/mol. The van der Waals surface area contributed by atoms with Crippen molar-refractivity contribution in [1.82, 2.24) is 9.21 Å². The van der Waals surface area contributed by atoms with Crippen LogP contribution in [0.15, 0.2) is 64.9 Å². The van der Waals surface area contributed by atoms with E-state index in [4.69, 9.17) is 9.47 Å². The zero-order valence-electron chi connectivity index (χ0n) is 20.1. The Hall–Kier alpha value is -2.72. The average molecular weight is 515 g/mol. The number of aryl methyl sites for hydroxylation is 1. The third-order valence-electron chi connectivity index (χ3n) is 6.23. The van der Waals surface area contributed by atoms with Crippen molar-refractivity contribution >= 4 is 27.3 Å². The molecule has 7 nitrogen and oxygen atoms in total. The number of hydrogen-bond acceptors (Lipinski definition) is 6. The molecule has 1 atom stereocenters. The molecular formula is C26H30N2O5S2. The van der Waals surface area contributed by atoms with Crippen LogP contribution >= 0.6 is 11.3 Å². The molecule has 35 heavy (non-hydrogen) atoms. The van der Waals surface area contributed by atoms with E-state index >= 15 is 0 Å². The minimum atomic E-state index is -3.92. The topological polar surface area (TPSA) is 76.2 Å². The Morgan fingerprint density at radius 3 is 2.46 bits per heavy atom. The fourth-order valence-corrected chi connectivity index (χ4v) is 6.59. The second kappa shape index (κ2) is 10.9. The number of nitrogens with zero attached hydrogens (tertiary/aromatic N) is 2. The summed E-state index contributed by atoms with van der Waals surface area (Å²) >= 11 is 1.70. The summed E-state index contributed by atoms with van der Waals surface area (Å²) in [5.74, 6) is 0.324. The van der Waals surface area contributed by atoms with Gasteiger partial charge in [-0.3, -0.25) is 4.79 Å². The van der Waals surface area contributed by atoms with E-state index in [1.807, 2.05) is 36.1 Å². The SMILES string of the molecule is COCCN(CC(=O)N1CCc2sccc2C1c1ccc(C)cc1)S(=O)(=O)c1ccc(OC)cc1. The molecule has 1 unspecified atom stereocenters. The smallest absolute Gasteiger partial charge is 0.243 e. The summed E-state index contributed by atoms with van der Waals surface area (Å²) in [7, 11) is -0.884. The van der Waals surface area contributed by atoms with Crippen LogP contribution in [0.1, 0.15) is 27.6 Å². The highest BCUT2D eigenvalue weighted by Gasteiger charge is 2.35. The first-order chi connectivity index (χ1) is 16.8. The van der Waals surface area contributed by atoms with Crippen LogP contribution in [-0.2, 0) is 26.0 Å². The summed E-state index contributed by atoms with van der Waals surface area (Å²) in [6.45, 7) is 2.55. The Morgan fingerprint density at radius 2 is 1.80 bits per heavy atom. The lowest BCUT2D eigenvalue weighted by Crippen LogP contribution is -2.47. The van der Waals surface area contributed by atoms with Crippen molar-refractivity contribution in [3.05, 3.63) is 81.5 Å². The van der Waals surface area contributed by atoms with Gasteiger partial charge in [0.2, 0.25) is 15.9 Å². The van der Waals surface area contributed by atoms with Crippen LogP contribution in [0.25, 0.3) is 0 Å². The standard InChI is InChI=1S/C26H30N2O5S2/c1-19-4-6-20(7-5-19)26-23-13-17-34-24(23)12-14-28(26)25(29)18-27(15-16-32-2)35(30,31)22-10-8-21(33-3)9-11-22/h4-11,13,17,26H,12,14-16,18H2,1-3H3. The van der Waals surface area contributed by atoms with E-state index in [0.29, 0.717) is 12.3 Å². The van der Waals surface area contributed by atoms with E-state index in [1.165, 1.54) is 35.5 Å². The van der Waals surface area contributed by atoms with Crippen LogP contribution in [0.5, 0.6) is 5.75 Å². The van der Waals surface area contributed by atoms with Gasteiger partial charge in [-0.25, -0.2) is 8.42 Å². The summed E-state index contributed by atoms with van der Waals surface area (Å²) in [4.78, 5) is 16.9. The predicted molar refractivity (Wildman–Crippen MR) is 136 cm³/mol. The van der Waals surface area contributed by atoms with Crippen LogP contribution < -0.4 is 4.74 Å². The largest absolute Gasteiger partial charge is 0.497 e. The lowest BCUT2D eigenvalue weighted by molar-refractivity contribution is -0.133. The van der Waals surface area contributed by atoms with Gasteiger partial charge < -0.3 is 14.4 Å². The van der Waals surface area contributed by atoms with Crippen molar-refractivity contribution in [2.75, 3.05) is 40.5 Å². The minimum Gasteiger partial charge on any atom is -0.497 e. The zero-order chi connectivity index (χ0) is 25.0. The molecule has 1 aromatic heterocycles. The highest BCUT2D eigenvalue weighted by Crippen LogP contribution is 2.38. The fourth-order valence-electron chi connectivity index (χ4n) is 4.31. The molecule has 0 saturated carbocycles. The summed E-state index contributed by atoms with van der Waals surface area (Å²) in [5, 5.41) is 2.05. The molecule has 186 valence electrons. The highest BCUT2D eigenvalue weighted by atomic mass is 32.2. The van der Waals surface area contributed by atoms with Crippen LogP contribution in [0.4, 0.5) is 0 Å². The van der Waals surface area contributed by atoms with Crippen molar-refractivity contribution in [2.45, 2.75) is 24.3 Å². The number of fused-ring (bicyclic) bond motifs is 1. The predicted octanol–water partition coefficient (Wildman–Crippen LogP) is 3.88. The molecule has 4 rings (SSSR count). The second-order valence-electron chi connectivity index (χ2n) is 8.46. The van der Waals surface area contributed by atoms with Gasteiger partial charge in [-0.15, -0.1) is 11.3 Å². The van der Waals surface area contributed by atoms with Gasteiger partial charge in [-0.05, 0) is 60.2 Å². The number of rotatable bonds is 9. The number of sulfonamides is 1.